The Morgan fingerprint density at radius 1 is 1.38 bits per heavy atom. The number of hydrogen-bond donors (Lipinski definition) is 1. The molecule has 1 aliphatic rings. The van der Waals surface area contributed by atoms with Crippen molar-refractivity contribution in [2.75, 3.05) is 13.7 Å². The normalized spacial score (nSPS) is 20.4. The molecule has 0 unspecified atom stereocenters. The van der Waals surface area contributed by atoms with Crippen molar-refractivity contribution >= 4 is 34.4 Å². The molecule has 1 aromatic heterocycles. The fourth-order valence-corrected chi connectivity index (χ4v) is 2.98. The smallest absolute Gasteiger partial charge is 0.349 e. The van der Waals surface area contributed by atoms with Crippen molar-refractivity contribution in [1.29, 1.82) is 0 Å². The Morgan fingerprint density at radius 2 is 2.12 bits per heavy atom. The van der Waals surface area contributed by atoms with E-state index < -0.39 is 29.6 Å². The molecule has 1 fully saturated rings. The highest BCUT2D eigenvalue weighted by atomic mass is 35.5. The molecule has 7 nitrogen and oxygen atoms in total. The molecule has 1 aromatic carbocycles. The van der Waals surface area contributed by atoms with Crippen LogP contribution in [0.25, 0.3) is 11.0 Å². The van der Waals surface area contributed by atoms with Crippen LogP contribution >= 0.6 is 11.6 Å². The first kappa shape index (κ1) is 16.5. The van der Waals surface area contributed by atoms with Crippen molar-refractivity contribution in [2.45, 2.75) is 18.6 Å². The van der Waals surface area contributed by atoms with Crippen LogP contribution in [-0.4, -0.2) is 47.7 Å². The molecule has 126 valence electrons. The number of esters is 1. The Bertz CT molecular complexity index is 876. The van der Waals surface area contributed by atoms with Crippen molar-refractivity contribution in [1.82, 2.24) is 4.90 Å². The van der Waals surface area contributed by atoms with E-state index in [1.807, 2.05) is 0 Å². The lowest BCUT2D eigenvalue weighted by atomic mass is 10.1. The molecule has 3 rings (SSSR count). The van der Waals surface area contributed by atoms with Gasteiger partial charge in [-0.2, -0.15) is 0 Å². The number of nitrogens with zero attached hydrogens (tertiary/aromatic N) is 1. The molecule has 8 heteroatoms. The van der Waals surface area contributed by atoms with Gasteiger partial charge in [0.25, 0.3) is 5.91 Å². The molecule has 1 amide bonds. The molecule has 0 radical (unpaired) electrons. The summed E-state index contributed by atoms with van der Waals surface area (Å²) in [6.07, 6.45) is -0.802. The zero-order chi connectivity index (χ0) is 17.4. The Hall–Kier alpha value is -2.38. The maximum Gasteiger partial charge on any atom is 0.349 e. The van der Waals surface area contributed by atoms with Gasteiger partial charge in [0.15, 0.2) is 0 Å². The Morgan fingerprint density at radius 3 is 2.83 bits per heavy atom. The van der Waals surface area contributed by atoms with Crippen LogP contribution in [0.5, 0.6) is 0 Å². The van der Waals surface area contributed by atoms with Crippen molar-refractivity contribution in [3.8, 4) is 0 Å². The first-order chi connectivity index (χ1) is 11.4. The number of carbonyl (C=O) groups excluding carboxylic acids is 2. The number of rotatable bonds is 2. The summed E-state index contributed by atoms with van der Waals surface area (Å²) in [5, 5.41) is 10.7. The summed E-state index contributed by atoms with van der Waals surface area (Å²) < 4.78 is 9.79. The number of benzene rings is 1. The Labute approximate surface area is 141 Å². The van der Waals surface area contributed by atoms with E-state index in [-0.39, 0.29) is 18.5 Å². The summed E-state index contributed by atoms with van der Waals surface area (Å²) in [6.45, 7) is -0.0639. The molecule has 2 atom stereocenters. The lowest BCUT2D eigenvalue weighted by molar-refractivity contribution is -0.145. The van der Waals surface area contributed by atoms with Gasteiger partial charge in [-0.05, 0) is 24.3 Å². The fourth-order valence-electron chi connectivity index (χ4n) is 2.80. The van der Waals surface area contributed by atoms with Crippen LogP contribution in [0.4, 0.5) is 0 Å². The monoisotopic (exact) mass is 351 g/mol. The van der Waals surface area contributed by atoms with Crippen LogP contribution < -0.4 is 5.63 Å². The third-order valence-corrected chi connectivity index (χ3v) is 4.17. The number of aliphatic hydroxyl groups is 1. The second-order valence-electron chi connectivity index (χ2n) is 5.52. The fraction of sp³-hybridized carbons (Fsp3) is 0.312. The first-order valence-electron chi connectivity index (χ1n) is 7.21. The van der Waals surface area contributed by atoms with E-state index in [9.17, 15) is 19.5 Å². The van der Waals surface area contributed by atoms with Gasteiger partial charge in [-0.1, -0.05) is 11.6 Å². The summed E-state index contributed by atoms with van der Waals surface area (Å²) in [5.74, 6) is -1.34. The Kier molecular flexibility index (Phi) is 4.29. The summed E-state index contributed by atoms with van der Waals surface area (Å²) in [7, 11) is 1.20. The maximum absolute atomic E-state index is 12.7. The number of methoxy groups -OCH3 is 1. The minimum atomic E-state index is -0.938. The molecule has 1 N–H and O–H groups in total. The number of aliphatic hydroxyl groups excluding tert-OH is 1. The lowest BCUT2D eigenvalue weighted by Gasteiger charge is -2.21. The van der Waals surface area contributed by atoms with Crippen LogP contribution in [0.2, 0.25) is 5.02 Å². The topological polar surface area (TPSA) is 97.1 Å². The van der Waals surface area contributed by atoms with Crippen LogP contribution in [-0.2, 0) is 9.53 Å². The second kappa shape index (κ2) is 6.26. The number of likely N-dealkylation sites (tertiary alicyclic amines) is 1. The molecular weight excluding hydrogens is 338 g/mol. The van der Waals surface area contributed by atoms with E-state index >= 15 is 0 Å². The van der Waals surface area contributed by atoms with E-state index in [0.29, 0.717) is 16.0 Å². The standard InChI is InChI=1S/C16H14ClNO6/c1-23-16(22)12-6-10(19)7-18(12)14(20)11-5-8-4-9(17)2-3-13(8)24-15(11)21/h2-5,10,12,19H,6-7H2,1H3/t10-,12+/m1/s1. The molecule has 2 heterocycles. The van der Waals surface area contributed by atoms with Crippen molar-refractivity contribution in [2.24, 2.45) is 0 Å². The number of amides is 1. The molecule has 1 saturated heterocycles. The van der Waals surface area contributed by atoms with Gasteiger partial charge < -0.3 is 19.2 Å². The molecule has 0 aliphatic carbocycles. The quantitative estimate of drug-likeness (QED) is 0.645. The number of ether oxygens (including phenoxy) is 1. The van der Waals surface area contributed by atoms with Gasteiger partial charge in [0.2, 0.25) is 0 Å². The van der Waals surface area contributed by atoms with Crippen LogP contribution in [0.15, 0.2) is 33.5 Å². The molecule has 24 heavy (non-hydrogen) atoms. The van der Waals surface area contributed by atoms with E-state index in [4.69, 9.17) is 16.0 Å². The van der Waals surface area contributed by atoms with Gasteiger partial charge in [-0.15, -0.1) is 0 Å². The number of fused-ring (bicyclic) bond motifs is 1. The molecule has 0 saturated carbocycles. The molecule has 0 spiro atoms. The van der Waals surface area contributed by atoms with Crippen LogP contribution in [0, 0.1) is 0 Å². The SMILES string of the molecule is COC(=O)[C@@H]1C[C@@H](O)CN1C(=O)c1cc2cc(Cl)ccc2oc1=O. The third-order valence-electron chi connectivity index (χ3n) is 3.94. The van der Waals surface area contributed by atoms with Gasteiger partial charge in [0.05, 0.1) is 13.2 Å². The van der Waals surface area contributed by atoms with E-state index in [1.165, 1.54) is 19.2 Å². The summed E-state index contributed by atoms with van der Waals surface area (Å²) in [5.41, 5.74) is -0.750. The number of hydrogen-bond acceptors (Lipinski definition) is 6. The van der Waals surface area contributed by atoms with Crippen molar-refractivity contribution in [3.05, 3.63) is 45.3 Å². The van der Waals surface area contributed by atoms with Crippen molar-refractivity contribution in [3.63, 3.8) is 0 Å². The highest BCUT2D eigenvalue weighted by Gasteiger charge is 2.40. The average Bonchev–Trinajstić information content (AvgIpc) is 2.95. The number of carbonyl (C=O) groups is 2. The van der Waals surface area contributed by atoms with Crippen LogP contribution in [0.3, 0.4) is 0 Å². The molecule has 2 aromatic rings. The lowest BCUT2D eigenvalue weighted by Crippen LogP contribution is -2.42. The summed E-state index contributed by atoms with van der Waals surface area (Å²) in [6, 6.07) is 5.09. The van der Waals surface area contributed by atoms with E-state index in [2.05, 4.69) is 4.74 Å². The van der Waals surface area contributed by atoms with Crippen molar-refractivity contribution < 1.29 is 23.8 Å². The predicted molar refractivity (Wildman–Crippen MR) is 85.0 cm³/mol. The number of β-amino-alcohol motifs (C(OH)–C–C–N with tert-alkyl or cyclic N) is 1. The molecule has 0 bridgehead atoms. The highest BCUT2D eigenvalue weighted by Crippen LogP contribution is 2.23. The molecule has 1 aliphatic heterocycles. The van der Waals surface area contributed by atoms with Gasteiger partial charge in [0, 0.05) is 23.4 Å². The minimum absolute atomic E-state index is 0.0587. The van der Waals surface area contributed by atoms with E-state index in [0.717, 1.165) is 4.90 Å². The first-order valence-corrected chi connectivity index (χ1v) is 7.58. The minimum Gasteiger partial charge on any atom is -0.467 e. The summed E-state index contributed by atoms with van der Waals surface area (Å²) >= 11 is 5.91. The van der Waals surface area contributed by atoms with Gasteiger partial charge in [0.1, 0.15) is 17.2 Å². The third kappa shape index (κ3) is 2.88. The predicted octanol–water partition coefficient (Wildman–Crippen LogP) is 1.19. The van der Waals surface area contributed by atoms with Gasteiger partial charge in [-0.25, -0.2) is 9.59 Å². The summed E-state index contributed by atoms with van der Waals surface area (Å²) in [4.78, 5) is 37.7. The Balaban J connectivity index is 2.02. The maximum atomic E-state index is 12.7. The van der Waals surface area contributed by atoms with Gasteiger partial charge in [-0.3, -0.25) is 4.79 Å². The average molecular weight is 352 g/mol. The zero-order valence-electron chi connectivity index (χ0n) is 12.7. The largest absolute Gasteiger partial charge is 0.467 e. The van der Waals surface area contributed by atoms with E-state index in [1.54, 1.807) is 12.1 Å². The number of halogens is 1. The molecular formula is C16H14ClNO6. The van der Waals surface area contributed by atoms with Gasteiger partial charge >= 0.3 is 11.6 Å². The second-order valence-corrected chi connectivity index (χ2v) is 5.95. The van der Waals surface area contributed by atoms with Crippen LogP contribution in [0.1, 0.15) is 16.8 Å². The zero-order valence-corrected chi connectivity index (χ0v) is 13.4. The highest BCUT2D eigenvalue weighted by molar-refractivity contribution is 6.31.